The third kappa shape index (κ3) is 6.04. The number of benzene rings is 1. The number of hydrogen-bond acceptors (Lipinski definition) is 3. The Morgan fingerprint density at radius 3 is 2.52 bits per heavy atom. The summed E-state index contributed by atoms with van der Waals surface area (Å²) in [5.41, 5.74) is 0.959. The monoisotopic (exact) mass is 294 g/mol. The lowest BCUT2D eigenvalue weighted by molar-refractivity contribution is 0.186. The van der Waals surface area contributed by atoms with Gasteiger partial charge in [-0.3, -0.25) is 0 Å². The quantitative estimate of drug-likeness (QED) is 0.723. The molecule has 3 N–H and O–H groups in total. The highest BCUT2D eigenvalue weighted by molar-refractivity contribution is 5.74. The van der Waals surface area contributed by atoms with Gasteiger partial charge in [0.2, 0.25) is 0 Å². The van der Waals surface area contributed by atoms with Gasteiger partial charge in [0.25, 0.3) is 0 Å². The van der Waals surface area contributed by atoms with Gasteiger partial charge in [0, 0.05) is 12.1 Å². The molecule has 5 heteroatoms. The van der Waals surface area contributed by atoms with E-state index >= 15 is 0 Å². The molecule has 5 nitrogen and oxygen atoms in total. The fourth-order valence-electron chi connectivity index (χ4n) is 2.14. The number of hydrogen-bond donors (Lipinski definition) is 3. The van der Waals surface area contributed by atoms with Gasteiger partial charge in [0.05, 0.1) is 19.3 Å². The van der Waals surface area contributed by atoms with Gasteiger partial charge in [-0.25, -0.2) is 4.79 Å². The Morgan fingerprint density at radius 2 is 1.95 bits per heavy atom. The predicted octanol–water partition coefficient (Wildman–Crippen LogP) is 2.46. The number of aliphatic hydroxyl groups excluding tert-OH is 1. The maximum Gasteiger partial charge on any atom is 0.315 e. The average Bonchev–Trinajstić information content (AvgIpc) is 2.44. The average molecular weight is 294 g/mol. The van der Waals surface area contributed by atoms with Crippen LogP contribution in [0, 0.1) is 5.92 Å². The molecule has 0 aromatic heterocycles. The van der Waals surface area contributed by atoms with Gasteiger partial charge in [0.1, 0.15) is 5.75 Å². The minimum atomic E-state index is -0.564. The van der Waals surface area contributed by atoms with Crippen molar-refractivity contribution in [3.8, 4) is 5.75 Å². The second-order valence-corrected chi connectivity index (χ2v) is 5.63. The standard InChI is InChI=1S/C16H26N2O3/c1-11(2)9-14(18-16(20)17-10-12(3)19)13-7-5-6-8-15(13)21-4/h5-8,11-12,14,19H,9-10H2,1-4H3,(H2,17,18,20)/t12-,14+/m1/s1. The third-order valence-corrected chi connectivity index (χ3v) is 3.08. The van der Waals surface area contributed by atoms with E-state index in [1.807, 2.05) is 24.3 Å². The van der Waals surface area contributed by atoms with Crippen molar-refractivity contribution in [1.82, 2.24) is 10.6 Å². The molecular weight excluding hydrogens is 268 g/mol. The normalized spacial score (nSPS) is 13.6. The first-order valence-electron chi connectivity index (χ1n) is 7.29. The zero-order valence-electron chi connectivity index (χ0n) is 13.2. The number of aliphatic hydroxyl groups is 1. The number of amides is 2. The molecule has 2 atom stereocenters. The molecule has 118 valence electrons. The Balaban J connectivity index is 2.82. The maximum atomic E-state index is 11.9. The van der Waals surface area contributed by atoms with Crippen molar-refractivity contribution in [2.45, 2.75) is 39.3 Å². The van der Waals surface area contributed by atoms with Crippen molar-refractivity contribution in [1.29, 1.82) is 0 Å². The van der Waals surface area contributed by atoms with Crippen LogP contribution in [0.5, 0.6) is 5.75 Å². The summed E-state index contributed by atoms with van der Waals surface area (Å²) < 4.78 is 5.38. The molecule has 1 aromatic rings. The summed E-state index contributed by atoms with van der Waals surface area (Å²) in [4.78, 5) is 11.9. The second kappa shape index (κ2) is 8.52. The van der Waals surface area contributed by atoms with E-state index in [0.29, 0.717) is 5.92 Å². The second-order valence-electron chi connectivity index (χ2n) is 5.63. The van der Waals surface area contributed by atoms with Crippen LogP contribution < -0.4 is 15.4 Å². The van der Waals surface area contributed by atoms with Crippen molar-refractivity contribution in [2.75, 3.05) is 13.7 Å². The highest BCUT2D eigenvalue weighted by Crippen LogP contribution is 2.29. The number of rotatable bonds is 7. The van der Waals surface area contributed by atoms with Crippen molar-refractivity contribution in [2.24, 2.45) is 5.92 Å². The number of carbonyl (C=O) groups excluding carboxylic acids is 1. The number of carbonyl (C=O) groups is 1. The Hall–Kier alpha value is -1.75. The summed E-state index contributed by atoms with van der Waals surface area (Å²) in [6.07, 6.45) is 0.244. The van der Waals surface area contributed by atoms with Crippen LogP contribution in [0.2, 0.25) is 0 Å². The summed E-state index contributed by atoms with van der Waals surface area (Å²) in [5.74, 6) is 1.19. The zero-order chi connectivity index (χ0) is 15.8. The molecule has 0 saturated carbocycles. The van der Waals surface area contributed by atoms with Gasteiger partial charge in [0.15, 0.2) is 0 Å². The van der Waals surface area contributed by atoms with Crippen LogP contribution in [0.3, 0.4) is 0 Å². The van der Waals surface area contributed by atoms with Crippen molar-refractivity contribution in [3.63, 3.8) is 0 Å². The van der Waals surface area contributed by atoms with Crippen molar-refractivity contribution < 1.29 is 14.6 Å². The Morgan fingerprint density at radius 1 is 1.29 bits per heavy atom. The highest BCUT2D eigenvalue weighted by atomic mass is 16.5. The first kappa shape index (κ1) is 17.3. The predicted molar refractivity (Wildman–Crippen MR) is 83.4 cm³/mol. The number of urea groups is 1. The molecule has 1 aromatic carbocycles. The lowest BCUT2D eigenvalue weighted by Gasteiger charge is -2.23. The van der Waals surface area contributed by atoms with Gasteiger partial charge >= 0.3 is 6.03 Å². The van der Waals surface area contributed by atoms with Gasteiger partial charge in [-0.05, 0) is 25.3 Å². The molecule has 1 rings (SSSR count). The van der Waals surface area contributed by atoms with E-state index in [1.54, 1.807) is 14.0 Å². The zero-order valence-corrected chi connectivity index (χ0v) is 13.2. The fourth-order valence-corrected chi connectivity index (χ4v) is 2.14. The largest absolute Gasteiger partial charge is 0.496 e. The SMILES string of the molecule is COc1ccccc1[C@H](CC(C)C)NC(=O)NC[C@@H](C)O. The Labute approximate surface area is 126 Å². The summed E-state index contributed by atoms with van der Waals surface area (Å²) in [5, 5.41) is 14.8. The lowest BCUT2D eigenvalue weighted by Crippen LogP contribution is -2.41. The third-order valence-electron chi connectivity index (χ3n) is 3.08. The van der Waals surface area contributed by atoms with Crippen LogP contribution >= 0.6 is 0 Å². The van der Waals surface area contributed by atoms with E-state index in [4.69, 9.17) is 4.74 Å². The highest BCUT2D eigenvalue weighted by Gasteiger charge is 2.19. The van der Waals surface area contributed by atoms with E-state index in [0.717, 1.165) is 17.7 Å². The number of nitrogens with one attached hydrogen (secondary N) is 2. The molecule has 0 spiro atoms. The molecule has 0 aliphatic carbocycles. The van der Waals surface area contributed by atoms with E-state index in [2.05, 4.69) is 24.5 Å². The van der Waals surface area contributed by atoms with Crippen molar-refractivity contribution in [3.05, 3.63) is 29.8 Å². The van der Waals surface area contributed by atoms with Gasteiger partial charge in [-0.2, -0.15) is 0 Å². The molecule has 0 saturated heterocycles. The van der Waals surface area contributed by atoms with E-state index in [-0.39, 0.29) is 18.6 Å². The minimum Gasteiger partial charge on any atom is -0.496 e. The molecule has 2 amide bonds. The topological polar surface area (TPSA) is 70.6 Å². The van der Waals surface area contributed by atoms with Crippen LogP contribution in [-0.4, -0.2) is 30.9 Å². The Kier molecular flexibility index (Phi) is 7.02. The summed E-state index contributed by atoms with van der Waals surface area (Å²) in [6, 6.07) is 7.27. The van der Waals surface area contributed by atoms with Crippen LogP contribution in [0.15, 0.2) is 24.3 Å². The molecule has 0 unspecified atom stereocenters. The molecule has 0 heterocycles. The Bertz CT molecular complexity index is 447. The van der Waals surface area contributed by atoms with Gasteiger partial charge < -0.3 is 20.5 Å². The van der Waals surface area contributed by atoms with Crippen molar-refractivity contribution >= 4 is 6.03 Å². The number of methoxy groups -OCH3 is 1. The van der Waals surface area contributed by atoms with E-state index in [9.17, 15) is 9.90 Å². The first-order valence-corrected chi connectivity index (χ1v) is 7.29. The number of para-hydroxylation sites is 1. The lowest BCUT2D eigenvalue weighted by atomic mass is 9.96. The molecule has 0 aliphatic rings. The molecule has 0 aliphatic heterocycles. The molecule has 21 heavy (non-hydrogen) atoms. The maximum absolute atomic E-state index is 11.9. The molecule has 0 bridgehead atoms. The van der Waals surface area contributed by atoms with E-state index < -0.39 is 6.10 Å². The molecular formula is C16H26N2O3. The molecule has 0 radical (unpaired) electrons. The summed E-state index contributed by atoms with van der Waals surface area (Å²) in [6.45, 7) is 6.08. The van der Waals surface area contributed by atoms with Gasteiger partial charge in [-0.1, -0.05) is 32.0 Å². The number of ether oxygens (including phenoxy) is 1. The fraction of sp³-hybridized carbons (Fsp3) is 0.562. The smallest absolute Gasteiger partial charge is 0.315 e. The molecule has 0 fully saturated rings. The van der Waals surface area contributed by atoms with Crippen LogP contribution in [0.25, 0.3) is 0 Å². The first-order chi connectivity index (χ1) is 9.93. The van der Waals surface area contributed by atoms with E-state index in [1.165, 1.54) is 0 Å². The summed E-state index contributed by atoms with van der Waals surface area (Å²) in [7, 11) is 1.62. The van der Waals surface area contributed by atoms with Crippen LogP contribution in [0.4, 0.5) is 4.79 Å². The van der Waals surface area contributed by atoms with Crippen LogP contribution in [0.1, 0.15) is 38.8 Å². The van der Waals surface area contributed by atoms with Gasteiger partial charge in [-0.15, -0.1) is 0 Å². The minimum absolute atomic E-state index is 0.129. The summed E-state index contributed by atoms with van der Waals surface area (Å²) >= 11 is 0. The van der Waals surface area contributed by atoms with Crippen LogP contribution in [-0.2, 0) is 0 Å².